The maximum absolute atomic E-state index is 11.5. The molecule has 0 bridgehead atoms. The Morgan fingerprint density at radius 2 is 1.59 bits per heavy atom. The molecule has 2 aliphatic heterocycles. The monoisotopic (exact) mass is 285 g/mol. The minimum Gasteiger partial charge on any atom is -0.446 e. The van der Waals surface area contributed by atoms with Crippen molar-refractivity contribution in [2.45, 2.75) is 0 Å². The van der Waals surface area contributed by atoms with Crippen molar-refractivity contribution in [2.75, 3.05) is 26.3 Å². The first-order valence-electron chi connectivity index (χ1n) is 4.63. The SMILES string of the molecule is O=C1OCCN1N(N1CCOC1=O)P(=O)(O)Cl. The number of hydrogen-bond donors (Lipinski definition) is 1. The molecule has 1 unspecified atom stereocenters. The number of hydrogen-bond acceptors (Lipinski definition) is 5. The van der Waals surface area contributed by atoms with Gasteiger partial charge < -0.3 is 14.4 Å². The van der Waals surface area contributed by atoms with E-state index in [1.807, 2.05) is 0 Å². The molecule has 0 saturated carbocycles. The van der Waals surface area contributed by atoms with Gasteiger partial charge in [-0.05, 0) is 16.1 Å². The highest BCUT2D eigenvalue weighted by Gasteiger charge is 2.46. The number of ether oxygens (including phenoxy) is 2. The van der Waals surface area contributed by atoms with Crippen LogP contribution in [0.25, 0.3) is 0 Å². The fourth-order valence-corrected chi connectivity index (χ4v) is 2.84. The van der Waals surface area contributed by atoms with Gasteiger partial charge in [0.05, 0.1) is 13.1 Å². The third kappa shape index (κ3) is 2.32. The average Bonchev–Trinajstić information content (AvgIpc) is 2.77. The number of rotatable bonds is 3. The van der Waals surface area contributed by atoms with Crippen LogP contribution in [-0.2, 0) is 14.0 Å². The molecule has 96 valence electrons. The van der Waals surface area contributed by atoms with Gasteiger partial charge in [-0.25, -0.2) is 19.6 Å². The van der Waals surface area contributed by atoms with Crippen molar-refractivity contribution in [3.8, 4) is 0 Å². The minimum absolute atomic E-state index is 0.0277. The van der Waals surface area contributed by atoms with E-state index < -0.39 is 19.1 Å². The molecule has 9 nitrogen and oxygen atoms in total. The number of carbonyl (C=O) groups is 2. The molecule has 1 N–H and O–H groups in total. The Morgan fingerprint density at radius 1 is 1.18 bits per heavy atom. The van der Waals surface area contributed by atoms with Gasteiger partial charge in [0.1, 0.15) is 13.2 Å². The van der Waals surface area contributed by atoms with Crippen LogP contribution in [0.2, 0.25) is 0 Å². The van der Waals surface area contributed by atoms with Crippen molar-refractivity contribution in [1.82, 2.24) is 14.9 Å². The van der Waals surface area contributed by atoms with Crippen LogP contribution in [0.4, 0.5) is 9.59 Å². The van der Waals surface area contributed by atoms with Crippen LogP contribution in [0.5, 0.6) is 0 Å². The molecule has 2 aliphatic rings. The van der Waals surface area contributed by atoms with E-state index in [1.165, 1.54) is 0 Å². The molecule has 0 aliphatic carbocycles. The van der Waals surface area contributed by atoms with Crippen molar-refractivity contribution in [3.63, 3.8) is 0 Å². The third-order valence-electron chi connectivity index (χ3n) is 2.13. The van der Waals surface area contributed by atoms with E-state index in [0.717, 1.165) is 10.0 Å². The lowest BCUT2D eigenvalue weighted by Gasteiger charge is -2.34. The van der Waals surface area contributed by atoms with Gasteiger partial charge in [-0.15, -0.1) is 0 Å². The highest BCUT2D eigenvalue weighted by Crippen LogP contribution is 2.53. The summed E-state index contributed by atoms with van der Waals surface area (Å²) < 4.78 is 20.8. The Bertz CT molecular complexity index is 373. The summed E-state index contributed by atoms with van der Waals surface area (Å²) >= 11 is 5.33. The Balaban J connectivity index is 2.28. The first-order chi connectivity index (χ1) is 7.91. The van der Waals surface area contributed by atoms with E-state index in [0.29, 0.717) is 4.89 Å². The van der Waals surface area contributed by atoms with Gasteiger partial charge in [0, 0.05) is 0 Å². The lowest BCUT2D eigenvalue weighted by Crippen LogP contribution is -2.51. The van der Waals surface area contributed by atoms with E-state index in [9.17, 15) is 19.0 Å². The van der Waals surface area contributed by atoms with E-state index in [-0.39, 0.29) is 26.3 Å². The second-order valence-corrected chi connectivity index (χ2v) is 5.84. The quantitative estimate of drug-likeness (QED) is 0.747. The maximum atomic E-state index is 11.5. The molecule has 2 fully saturated rings. The normalized spacial score (nSPS) is 23.9. The zero-order valence-corrected chi connectivity index (χ0v) is 10.1. The van der Waals surface area contributed by atoms with Gasteiger partial charge in [-0.2, -0.15) is 0 Å². The van der Waals surface area contributed by atoms with Crippen LogP contribution >= 0.6 is 18.1 Å². The Morgan fingerprint density at radius 3 is 1.82 bits per heavy atom. The minimum atomic E-state index is -4.39. The fraction of sp³-hybridized carbons (Fsp3) is 0.667. The predicted octanol–water partition coefficient (Wildman–Crippen LogP) is 0.362. The van der Waals surface area contributed by atoms with Gasteiger partial charge in [0.15, 0.2) is 0 Å². The zero-order valence-electron chi connectivity index (χ0n) is 8.48. The third-order valence-corrected chi connectivity index (χ3v) is 3.41. The van der Waals surface area contributed by atoms with Gasteiger partial charge in [-0.1, -0.05) is 0 Å². The highest BCUT2D eigenvalue weighted by molar-refractivity contribution is 7.82. The Hall–Kier alpha value is -1.02. The summed E-state index contributed by atoms with van der Waals surface area (Å²) in [7, 11) is 0. The average molecular weight is 286 g/mol. The second-order valence-electron chi connectivity index (χ2n) is 3.22. The summed E-state index contributed by atoms with van der Waals surface area (Å²) in [6.45, 7) is -4.24. The van der Waals surface area contributed by atoms with Crippen LogP contribution < -0.4 is 0 Å². The number of amides is 2. The summed E-state index contributed by atoms with van der Waals surface area (Å²) in [6.07, 6.45) is -1.70. The van der Waals surface area contributed by atoms with Crippen molar-refractivity contribution in [1.29, 1.82) is 0 Å². The van der Waals surface area contributed by atoms with Crippen molar-refractivity contribution in [2.24, 2.45) is 0 Å². The molecule has 2 amide bonds. The van der Waals surface area contributed by atoms with Crippen LogP contribution in [0.3, 0.4) is 0 Å². The maximum Gasteiger partial charge on any atom is 0.426 e. The van der Waals surface area contributed by atoms with Crippen molar-refractivity contribution >= 4 is 30.3 Å². The van der Waals surface area contributed by atoms with Gasteiger partial charge in [-0.3, -0.25) is 4.57 Å². The first-order valence-corrected chi connectivity index (χ1v) is 7.14. The Kier molecular flexibility index (Phi) is 3.17. The summed E-state index contributed by atoms with van der Waals surface area (Å²) in [6, 6.07) is 0. The number of cyclic esters (lactones) is 2. The molecule has 0 radical (unpaired) electrons. The van der Waals surface area contributed by atoms with E-state index >= 15 is 0 Å². The van der Waals surface area contributed by atoms with Crippen molar-refractivity contribution < 1.29 is 28.5 Å². The second kappa shape index (κ2) is 4.34. The lowest BCUT2D eigenvalue weighted by atomic mass is 10.7. The summed E-state index contributed by atoms with van der Waals surface area (Å²) in [5.74, 6) is 0. The number of nitrogens with zero attached hydrogens (tertiary/aromatic N) is 3. The molecular weight excluding hydrogens is 277 g/mol. The molecule has 2 rings (SSSR count). The molecule has 2 saturated heterocycles. The standard InChI is InChI=1S/C6H9ClN3O6P/c7-17(13,14)10(8-1-3-15-5(8)11)9-2-4-16-6(9)12/h1-4H2,(H,13,14). The molecule has 1 atom stereocenters. The van der Waals surface area contributed by atoms with Crippen LogP contribution in [-0.4, -0.2) is 58.3 Å². The highest BCUT2D eigenvalue weighted by atomic mass is 35.7. The molecule has 0 aromatic heterocycles. The molecular formula is C6H9ClN3O6P. The molecule has 17 heavy (non-hydrogen) atoms. The number of halogens is 1. The first kappa shape index (κ1) is 12.4. The van der Waals surface area contributed by atoms with Crippen LogP contribution in [0.15, 0.2) is 0 Å². The summed E-state index contributed by atoms with van der Waals surface area (Å²) in [4.78, 5) is 32.5. The largest absolute Gasteiger partial charge is 0.446 e. The summed E-state index contributed by atoms with van der Waals surface area (Å²) in [5, 5.41) is 1.58. The van der Waals surface area contributed by atoms with Gasteiger partial charge in [0.2, 0.25) is 0 Å². The molecule has 2 heterocycles. The molecule has 0 aromatic carbocycles. The van der Waals surface area contributed by atoms with Gasteiger partial charge >= 0.3 is 19.1 Å². The zero-order chi connectivity index (χ0) is 12.6. The molecule has 11 heteroatoms. The Labute approximate surface area is 101 Å². The predicted molar refractivity (Wildman–Crippen MR) is 53.6 cm³/mol. The lowest BCUT2D eigenvalue weighted by molar-refractivity contribution is -0.0426. The molecule has 0 aromatic rings. The van der Waals surface area contributed by atoms with Gasteiger partial charge in [0.25, 0.3) is 0 Å². The smallest absolute Gasteiger partial charge is 0.426 e. The van der Waals surface area contributed by atoms with Crippen LogP contribution in [0, 0.1) is 0 Å². The number of carbonyl (C=O) groups excluding carboxylic acids is 2. The number of hydrazine groups is 2. The van der Waals surface area contributed by atoms with Crippen molar-refractivity contribution in [3.05, 3.63) is 0 Å². The molecule has 0 spiro atoms. The van der Waals surface area contributed by atoms with E-state index in [2.05, 4.69) is 9.47 Å². The fourth-order valence-electron chi connectivity index (χ4n) is 1.49. The van der Waals surface area contributed by atoms with E-state index in [1.54, 1.807) is 0 Å². The van der Waals surface area contributed by atoms with Crippen LogP contribution in [0.1, 0.15) is 0 Å². The van der Waals surface area contributed by atoms with E-state index in [4.69, 9.17) is 11.2 Å². The summed E-state index contributed by atoms with van der Waals surface area (Å²) in [5.41, 5.74) is 0. The topological polar surface area (TPSA) is 99.6 Å².